The zero-order chi connectivity index (χ0) is 14.0. The number of halogens is 1. The predicted molar refractivity (Wildman–Crippen MR) is 67.1 cm³/mol. The monoisotopic (exact) mass is 264 g/mol. The maximum absolute atomic E-state index is 12.7. The predicted octanol–water partition coefficient (Wildman–Crippen LogP) is 2.93. The van der Waals surface area contributed by atoms with Crippen molar-refractivity contribution in [3.63, 3.8) is 0 Å². The molecule has 1 unspecified atom stereocenters. The van der Waals surface area contributed by atoms with Gasteiger partial charge in [-0.2, -0.15) is 0 Å². The van der Waals surface area contributed by atoms with Crippen LogP contribution in [0, 0.1) is 5.92 Å². The van der Waals surface area contributed by atoms with Gasteiger partial charge in [0.2, 0.25) is 0 Å². The molecular weight excluding hydrogens is 251 g/mol. The Morgan fingerprint density at radius 2 is 2.26 bits per heavy atom. The number of methoxy groups -OCH3 is 1. The minimum atomic E-state index is -0.769. The summed E-state index contributed by atoms with van der Waals surface area (Å²) in [6.07, 6.45) is 0.578. The molecule has 1 aromatic carbocycles. The highest BCUT2D eigenvalue weighted by Gasteiger charge is 2.21. The Morgan fingerprint density at radius 3 is 2.84 bits per heavy atom. The van der Waals surface area contributed by atoms with Gasteiger partial charge in [0.1, 0.15) is 18.7 Å². The lowest BCUT2D eigenvalue weighted by Gasteiger charge is -2.06. The van der Waals surface area contributed by atoms with E-state index in [9.17, 15) is 14.0 Å². The molecule has 1 heterocycles. The minimum absolute atomic E-state index is 0.118. The van der Waals surface area contributed by atoms with Crippen LogP contribution in [0.25, 0.3) is 11.0 Å². The maximum atomic E-state index is 12.7. The molecule has 2 rings (SSSR count). The van der Waals surface area contributed by atoms with Crippen molar-refractivity contribution in [1.29, 1.82) is 0 Å². The van der Waals surface area contributed by atoms with Crippen molar-refractivity contribution in [3.05, 3.63) is 29.5 Å². The maximum Gasteiger partial charge on any atom is 0.176 e. The first-order chi connectivity index (χ1) is 9.12. The normalized spacial score (nSPS) is 12.4. The Labute approximate surface area is 109 Å². The number of hydrogen-bond acceptors (Lipinski definition) is 4. The number of rotatable bonds is 5. The van der Waals surface area contributed by atoms with E-state index < -0.39 is 12.6 Å². The first-order valence-electron chi connectivity index (χ1n) is 5.77. The van der Waals surface area contributed by atoms with Crippen LogP contribution in [0.3, 0.4) is 0 Å². The zero-order valence-corrected chi connectivity index (χ0v) is 10.6. The molecule has 2 aromatic rings. The Morgan fingerprint density at radius 1 is 1.53 bits per heavy atom. The third-order valence-electron chi connectivity index (χ3n) is 2.93. The molecule has 0 saturated carbocycles. The van der Waals surface area contributed by atoms with Gasteiger partial charge in [-0.1, -0.05) is 0 Å². The summed E-state index contributed by atoms with van der Waals surface area (Å²) in [6, 6.07) is 4.59. The fourth-order valence-corrected chi connectivity index (χ4v) is 1.90. The lowest BCUT2D eigenvalue weighted by molar-refractivity contribution is -0.109. The van der Waals surface area contributed by atoms with E-state index in [1.165, 1.54) is 20.1 Å². The quantitative estimate of drug-likeness (QED) is 0.473. The van der Waals surface area contributed by atoms with Crippen LogP contribution in [0.4, 0.5) is 4.39 Å². The molecule has 5 heteroatoms. The zero-order valence-electron chi connectivity index (χ0n) is 10.6. The first kappa shape index (κ1) is 13.3. The standard InChI is InChI=1S/C14H13FO4/c1-8(7-16)13(17)10-3-4-12(18-2)14-11(10)5-9(6-15)19-14/h3-5,7-8H,6H2,1-2H3. The van der Waals surface area contributed by atoms with Gasteiger partial charge in [0, 0.05) is 10.9 Å². The van der Waals surface area contributed by atoms with Crippen LogP contribution in [0.2, 0.25) is 0 Å². The van der Waals surface area contributed by atoms with Crippen LogP contribution in [0.5, 0.6) is 5.75 Å². The number of furan rings is 1. The fourth-order valence-electron chi connectivity index (χ4n) is 1.90. The van der Waals surface area contributed by atoms with Gasteiger partial charge >= 0.3 is 0 Å². The molecule has 0 bridgehead atoms. The summed E-state index contributed by atoms with van der Waals surface area (Å²) in [4.78, 5) is 22.8. The van der Waals surface area contributed by atoms with Crippen LogP contribution in [0.1, 0.15) is 23.0 Å². The molecule has 0 radical (unpaired) electrons. The number of carbonyl (C=O) groups excluding carboxylic acids is 2. The van der Waals surface area contributed by atoms with Crippen molar-refractivity contribution in [2.45, 2.75) is 13.6 Å². The summed E-state index contributed by atoms with van der Waals surface area (Å²) in [5, 5.41) is 0.464. The number of benzene rings is 1. The summed E-state index contributed by atoms with van der Waals surface area (Å²) in [7, 11) is 1.46. The van der Waals surface area contributed by atoms with E-state index in [0.717, 1.165) is 0 Å². The molecule has 1 aromatic heterocycles. The number of ketones is 1. The van der Waals surface area contributed by atoms with Gasteiger partial charge in [-0.25, -0.2) is 4.39 Å². The Balaban J connectivity index is 2.65. The van der Waals surface area contributed by atoms with E-state index in [0.29, 0.717) is 28.6 Å². The van der Waals surface area contributed by atoms with Crippen molar-refractivity contribution < 1.29 is 23.1 Å². The number of hydrogen-bond donors (Lipinski definition) is 0. The van der Waals surface area contributed by atoms with Gasteiger partial charge in [0.25, 0.3) is 0 Å². The summed E-state index contributed by atoms with van der Waals surface area (Å²) in [6.45, 7) is 0.746. The average Bonchev–Trinajstić information content (AvgIpc) is 2.88. The van der Waals surface area contributed by atoms with Gasteiger partial charge < -0.3 is 13.9 Å². The van der Waals surface area contributed by atoms with Gasteiger partial charge in [-0.15, -0.1) is 0 Å². The fraction of sp³-hybridized carbons (Fsp3) is 0.286. The van der Waals surface area contributed by atoms with Crippen molar-refractivity contribution >= 4 is 23.0 Å². The molecule has 0 saturated heterocycles. The molecule has 19 heavy (non-hydrogen) atoms. The molecule has 1 atom stereocenters. The van der Waals surface area contributed by atoms with Crippen molar-refractivity contribution in [3.8, 4) is 5.75 Å². The lowest BCUT2D eigenvalue weighted by atomic mass is 9.97. The van der Waals surface area contributed by atoms with Gasteiger partial charge in [-0.05, 0) is 25.1 Å². The molecule has 0 aliphatic carbocycles. The van der Waals surface area contributed by atoms with E-state index in [1.807, 2.05) is 0 Å². The van der Waals surface area contributed by atoms with Crippen LogP contribution in [0.15, 0.2) is 22.6 Å². The molecule has 0 amide bonds. The second kappa shape index (κ2) is 5.22. The molecule has 0 aliphatic rings. The summed E-state index contributed by atoms with van der Waals surface area (Å²) in [5.74, 6) is -0.536. The van der Waals surface area contributed by atoms with Gasteiger partial charge in [0.05, 0.1) is 13.0 Å². The smallest absolute Gasteiger partial charge is 0.176 e. The third-order valence-corrected chi connectivity index (χ3v) is 2.93. The molecule has 0 spiro atoms. The molecular formula is C14H13FO4. The highest BCUT2D eigenvalue weighted by Crippen LogP contribution is 2.32. The number of Topliss-reactive ketones (excluding diaryl/α,β-unsaturated/α-hetero) is 1. The molecule has 100 valence electrons. The van der Waals surface area contributed by atoms with E-state index >= 15 is 0 Å². The van der Waals surface area contributed by atoms with E-state index in [4.69, 9.17) is 9.15 Å². The highest BCUT2D eigenvalue weighted by molar-refractivity contribution is 6.13. The SMILES string of the molecule is COc1ccc(C(=O)C(C)C=O)c2cc(CF)oc12. The number of carbonyl (C=O) groups is 2. The number of fused-ring (bicyclic) bond motifs is 1. The number of alkyl halides is 1. The van der Waals surface area contributed by atoms with Crippen molar-refractivity contribution in [2.75, 3.05) is 7.11 Å². The Bertz CT molecular complexity index is 630. The second-order valence-electron chi connectivity index (χ2n) is 4.19. The third kappa shape index (κ3) is 2.23. The van der Waals surface area contributed by atoms with E-state index in [-0.39, 0.29) is 11.5 Å². The summed E-state index contributed by atoms with van der Waals surface area (Å²) < 4.78 is 23.1. The van der Waals surface area contributed by atoms with Crippen LogP contribution >= 0.6 is 0 Å². The molecule has 4 nitrogen and oxygen atoms in total. The summed E-state index contributed by atoms with van der Waals surface area (Å²) >= 11 is 0. The van der Waals surface area contributed by atoms with E-state index in [2.05, 4.69) is 0 Å². The number of ether oxygens (including phenoxy) is 1. The molecule has 0 N–H and O–H groups in total. The summed E-state index contributed by atoms with van der Waals surface area (Å²) in [5.41, 5.74) is 0.651. The van der Waals surface area contributed by atoms with Gasteiger partial charge in [0.15, 0.2) is 17.1 Å². The minimum Gasteiger partial charge on any atom is -0.493 e. The van der Waals surface area contributed by atoms with Crippen molar-refractivity contribution in [1.82, 2.24) is 0 Å². The lowest BCUT2D eigenvalue weighted by Crippen LogP contribution is -2.12. The topological polar surface area (TPSA) is 56.5 Å². The first-order valence-corrected chi connectivity index (χ1v) is 5.77. The Hall–Kier alpha value is -2.17. The van der Waals surface area contributed by atoms with Crippen LogP contribution in [-0.2, 0) is 11.5 Å². The van der Waals surface area contributed by atoms with Crippen LogP contribution < -0.4 is 4.74 Å². The largest absolute Gasteiger partial charge is 0.493 e. The molecule has 0 fully saturated rings. The van der Waals surface area contributed by atoms with Gasteiger partial charge in [-0.3, -0.25) is 4.79 Å². The average molecular weight is 264 g/mol. The van der Waals surface area contributed by atoms with Crippen LogP contribution in [-0.4, -0.2) is 19.2 Å². The highest BCUT2D eigenvalue weighted by atomic mass is 19.1. The van der Waals surface area contributed by atoms with Crippen molar-refractivity contribution in [2.24, 2.45) is 5.92 Å². The molecule has 0 aliphatic heterocycles. The second-order valence-corrected chi connectivity index (χ2v) is 4.19. The Kier molecular flexibility index (Phi) is 3.64. The van der Waals surface area contributed by atoms with E-state index in [1.54, 1.807) is 12.1 Å². The number of aldehydes is 1.